The van der Waals surface area contributed by atoms with Gasteiger partial charge in [0.1, 0.15) is 6.04 Å². The summed E-state index contributed by atoms with van der Waals surface area (Å²) in [6.45, 7) is 2.56. The summed E-state index contributed by atoms with van der Waals surface area (Å²) in [5.41, 5.74) is 0.771. The Bertz CT molecular complexity index is 499. The van der Waals surface area contributed by atoms with Crippen LogP contribution >= 0.6 is 0 Å². The van der Waals surface area contributed by atoms with E-state index in [4.69, 9.17) is 0 Å². The Balaban J connectivity index is 1.82. The smallest absolute Gasteiger partial charge is 0.324 e. The number of rotatable bonds is 6. The lowest BCUT2D eigenvalue weighted by molar-refractivity contribution is -0.130. The van der Waals surface area contributed by atoms with Crippen molar-refractivity contribution in [3.63, 3.8) is 0 Å². The van der Waals surface area contributed by atoms with Gasteiger partial charge in [0, 0.05) is 12.7 Å². The number of carbonyl (C=O) groups is 3. The molecule has 1 fully saturated rings. The molecule has 8 heteroatoms. The normalized spacial score (nSPS) is 18.2. The minimum absolute atomic E-state index is 0.0566. The molecule has 2 rings (SSSR count). The first-order valence-electron chi connectivity index (χ1n) is 6.48. The molecule has 1 aromatic heterocycles. The molecule has 0 spiro atoms. The van der Waals surface area contributed by atoms with Gasteiger partial charge in [-0.1, -0.05) is 6.92 Å². The molecular weight excluding hydrogens is 262 g/mol. The first kappa shape index (κ1) is 14.0. The monoisotopic (exact) mass is 279 g/mol. The second-order valence-electron chi connectivity index (χ2n) is 4.55. The number of aromatic nitrogens is 2. The minimum atomic E-state index is -0.768. The lowest BCUT2D eigenvalue weighted by Gasteiger charge is -2.11. The number of hydrogen-bond donors (Lipinski definition) is 3. The number of nitrogens with zero attached hydrogens (tertiary/aromatic N) is 2. The van der Waals surface area contributed by atoms with Gasteiger partial charge < -0.3 is 10.6 Å². The Morgan fingerprint density at radius 2 is 2.30 bits per heavy atom. The van der Waals surface area contributed by atoms with E-state index >= 15 is 0 Å². The van der Waals surface area contributed by atoms with Crippen molar-refractivity contribution < 1.29 is 14.4 Å². The van der Waals surface area contributed by atoms with Crippen molar-refractivity contribution in [1.29, 1.82) is 0 Å². The van der Waals surface area contributed by atoms with E-state index in [1.807, 2.05) is 6.92 Å². The standard InChI is InChI=1S/C12H17N5O3/c1-2-5-17-11(19)9(15-12(17)20)6-10(18)13-7-8-3-4-14-16-8/h3-4,9H,2,5-7H2,1H3,(H,13,18)(H,14,16)(H,15,20)/t9-/m1/s1. The zero-order valence-electron chi connectivity index (χ0n) is 11.2. The summed E-state index contributed by atoms with van der Waals surface area (Å²) in [5.74, 6) is -0.634. The fourth-order valence-electron chi connectivity index (χ4n) is 1.99. The van der Waals surface area contributed by atoms with E-state index in [9.17, 15) is 14.4 Å². The molecule has 0 saturated carbocycles. The van der Waals surface area contributed by atoms with Gasteiger partial charge in [-0.05, 0) is 12.5 Å². The summed E-state index contributed by atoms with van der Waals surface area (Å²) < 4.78 is 0. The molecule has 0 aliphatic carbocycles. The maximum atomic E-state index is 11.9. The van der Waals surface area contributed by atoms with Crippen LogP contribution in [0.15, 0.2) is 12.3 Å². The summed E-state index contributed by atoms with van der Waals surface area (Å²) in [5, 5.41) is 11.7. The highest BCUT2D eigenvalue weighted by molar-refractivity contribution is 6.05. The van der Waals surface area contributed by atoms with Gasteiger partial charge in [-0.25, -0.2) is 4.79 Å². The fraction of sp³-hybridized carbons (Fsp3) is 0.500. The maximum Gasteiger partial charge on any atom is 0.324 e. The van der Waals surface area contributed by atoms with Crippen LogP contribution < -0.4 is 10.6 Å². The highest BCUT2D eigenvalue weighted by atomic mass is 16.2. The molecule has 2 heterocycles. The molecule has 0 unspecified atom stereocenters. The minimum Gasteiger partial charge on any atom is -0.350 e. The average molecular weight is 279 g/mol. The summed E-state index contributed by atoms with van der Waals surface area (Å²) in [6.07, 6.45) is 2.22. The van der Waals surface area contributed by atoms with E-state index in [0.717, 1.165) is 10.6 Å². The number of aromatic amines is 1. The third-order valence-electron chi connectivity index (χ3n) is 2.98. The second kappa shape index (κ2) is 6.18. The van der Waals surface area contributed by atoms with Gasteiger partial charge in [0.2, 0.25) is 5.91 Å². The fourth-order valence-corrected chi connectivity index (χ4v) is 1.99. The van der Waals surface area contributed by atoms with E-state index in [-0.39, 0.29) is 18.2 Å². The molecule has 3 N–H and O–H groups in total. The molecule has 1 aliphatic rings. The van der Waals surface area contributed by atoms with Gasteiger partial charge in [-0.3, -0.25) is 19.6 Å². The van der Waals surface area contributed by atoms with Crippen molar-refractivity contribution in [2.24, 2.45) is 0 Å². The Labute approximate surface area is 115 Å². The molecular formula is C12H17N5O3. The van der Waals surface area contributed by atoms with E-state index in [1.165, 1.54) is 0 Å². The van der Waals surface area contributed by atoms with Gasteiger partial charge in [0.05, 0.1) is 18.7 Å². The van der Waals surface area contributed by atoms with Crippen LogP contribution in [0.25, 0.3) is 0 Å². The molecule has 1 aromatic rings. The molecule has 0 bridgehead atoms. The van der Waals surface area contributed by atoms with Crippen LogP contribution in [0.1, 0.15) is 25.5 Å². The van der Waals surface area contributed by atoms with Gasteiger partial charge in [0.15, 0.2) is 0 Å². The Morgan fingerprint density at radius 3 is 2.95 bits per heavy atom. The van der Waals surface area contributed by atoms with Crippen molar-refractivity contribution in [2.45, 2.75) is 32.4 Å². The molecule has 1 aliphatic heterocycles. The first-order valence-corrected chi connectivity index (χ1v) is 6.48. The SMILES string of the molecule is CCCN1C(=O)N[C@H](CC(=O)NCc2ccn[nH]2)C1=O. The van der Waals surface area contributed by atoms with E-state index in [1.54, 1.807) is 12.3 Å². The molecule has 4 amide bonds. The van der Waals surface area contributed by atoms with Crippen LogP contribution in [0.3, 0.4) is 0 Å². The summed E-state index contributed by atoms with van der Waals surface area (Å²) in [4.78, 5) is 36.4. The van der Waals surface area contributed by atoms with Crippen molar-refractivity contribution in [3.8, 4) is 0 Å². The van der Waals surface area contributed by atoms with Gasteiger partial charge >= 0.3 is 6.03 Å². The summed E-state index contributed by atoms with van der Waals surface area (Å²) in [7, 11) is 0. The van der Waals surface area contributed by atoms with Crippen molar-refractivity contribution in [3.05, 3.63) is 18.0 Å². The van der Waals surface area contributed by atoms with E-state index < -0.39 is 12.1 Å². The average Bonchev–Trinajstić information content (AvgIpc) is 3.01. The van der Waals surface area contributed by atoms with Crippen LogP contribution in [-0.4, -0.2) is 45.5 Å². The molecule has 0 radical (unpaired) electrons. The van der Waals surface area contributed by atoms with Crippen LogP contribution in [0, 0.1) is 0 Å². The van der Waals surface area contributed by atoms with Crippen LogP contribution in [0.4, 0.5) is 4.79 Å². The number of urea groups is 1. The highest BCUT2D eigenvalue weighted by Gasteiger charge is 2.38. The molecule has 20 heavy (non-hydrogen) atoms. The Kier molecular flexibility index (Phi) is 4.34. The highest BCUT2D eigenvalue weighted by Crippen LogP contribution is 2.10. The Morgan fingerprint density at radius 1 is 1.50 bits per heavy atom. The van der Waals surface area contributed by atoms with Crippen molar-refractivity contribution in [2.75, 3.05) is 6.54 Å². The maximum absolute atomic E-state index is 11.9. The molecule has 1 atom stereocenters. The van der Waals surface area contributed by atoms with Gasteiger partial charge in [0.25, 0.3) is 5.91 Å². The predicted octanol–water partition coefficient (Wildman–Crippen LogP) is -0.254. The Hall–Kier alpha value is -2.38. The first-order chi connectivity index (χ1) is 9.61. The lowest BCUT2D eigenvalue weighted by Crippen LogP contribution is -2.36. The van der Waals surface area contributed by atoms with E-state index in [0.29, 0.717) is 19.5 Å². The quantitative estimate of drug-likeness (QED) is 0.624. The van der Waals surface area contributed by atoms with Crippen molar-refractivity contribution >= 4 is 17.8 Å². The van der Waals surface area contributed by atoms with Gasteiger partial charge in [-0.15, -0.1) is 0 Å². The number of imide groups is 1. The zero-order valence-corrected chi connectivity index (χ0v) is 11.2. The van der Waals surface area contributed by atoms with Crippen LogP contribution in [-0.2, 0) is 16.1 Å². The number of nitrogens with one attached hydrogen (secondary N) is 3. The van der Waals surface area contributed by atoms with Crippen LogP contribution in [0.2, 0.25) is 0 Å². The van der Waals surface area contributed by atoms with Crippen LogP contribution in [0.5, 0.6) is 0 Å². The number of hydrogen-bond acceptors (Lipinski definition) is 4. The predicted molar refractivity (Wildman–Crippen MR) is 69.4 cm³/mol. The molecule has 108 valence electrons. The molecule has 0 aromatic carbocycles. The van der Waals surface area contributed by atoms with Crippen molar-refractivity contribution in [1.82, 2.24) is 25.7 Å². The molecule has 8 nitrogen and oxygen atoms in total. The molecule has 1 saturated heterocycles. The second-order valence-corrected chi connectivity index (χ2v) is 4.55. The topological polar surface area (TPSA) is 107 Å². The third-order valence-corrected chi connectivity index (χ3v) is 2.98. The largest absolute Gasteiger partial charge is 0.350 e. The third kappa shape index (κ3) is 3.14. The number of carbonyl (C=O) groups excluding carboxylic acids is 3. The lowest BCUT2D eigenvalue weighted by atomic mass is 10.2. The number of H-pyrrole nitrogens is 1. The summed E-state index contributed by atoms with van der Waals surface area (Å²) in [6, 6.07) is 0.546. The summed E-state index contributed by atoms with van der Waals surface area (Å²) >= 11 is 0. The van der Waals surface area contributed by atoms with Gasteiger partial charge in [-0.2, -0.15) is 5.10 Å². The number of amides is 4. The zero-order chi connectivity index (χ0) is 14.5. The van der Waals surface area contributed by atoms with E-state index in [2.05, 4.69) is 20.8 Å².